The van der Waals surface area contributed by atoms with Gasteiger partial charge in [-0.25, -0.2) is 9.18 Å². The van der Waals surface area contributed by atoms with Crippen molar-refractivity contribution in [2.24, 2.45) is 0 Å². The van der Waals surface area contributed by atoms with Crippen molar-refractivity contribution in [3.63, 3.8) is 0 Å². The lowest BCUT2D eigenvalue weighted by atomic mass is 10.0. The molecule has 0 amide bonds. The number of esters is 1. The second-order valence-corrected chi connectivity index (χ2v) is 6.79. The highest BCUT2D eigenvalue weighted by Gasteiger charge is 2.31. The van der Waals surface area contributed by atoms with Crippen molar-refractivity contribution < 1.29 is 13.9 Å². The van der Waals surface area contributed by atoms with Crippen molar-refractivity contribution in [3.05, 3.63) is 58.4 Å². The zero-order valence-corrected chi connectivity index (χ0v) is 14.7. The third-order valence-corrected chi connectivity index (χ3v) is 5.13. The molecule has 0 spiro atoms. The fourth-order valence-electron chi connectivity index (χ4n) is 2.57. The number of ether oxygens (including phenoxy) is 1. The third kappa shape index (κ3) is 3.18. The van der Waals surface area contributed by atoms with Crippen LogP contribution in [0.1, 0.15) is 17.8 Å². The van der Waals surface area contributed by atoms with Crippen LogP contribution in [-0.4, -0.2) is 18.2 Å². The Morgan fingerprint density at radius 1 is 1.25 bits per heavy atom. The standard InChI is InChI=1S/C17H15FN2O2S2/c1-9-14(16(21)22-2)15(20-17(23)19-9)13-8-7-12(24-13)10-3-5-11(18)6-4-10/h3-8,15H,1-2H3,(H2,19,20,23)/t15-/m1/s1. The molecule has 7 heteroatoms. The Labute approximate surface area is 148 Å². The van der Waals surface area contributed by atoms with Gasteiger partial charge in [0.2, 0.25) is 0 Å². The fraction of sp³-hybridized carbons (Fsp3) is 0.176. The zero-order valence-electron chi connectivity index (χ0n) is 13.1. The lowest BCUT2D eigenvalue weighted by Crippen LogP contribution is -2.44. The second-order valence-electron chi connectivity index (χ2n) is 5.27. The van der Waals surface area contributed by atoms with E-state index in [1.54, 1.807) is 19.1 Å². The molecule has 1 aliphatic heterocycles. The van der Waals surface area contributed by atoms with Gasteiger partial charge < -0.3 is 15.4 Å². The van der Waals surface area contributed by atoms with Crippen molar-refractivity contribution in [2.45, 2.75) is 13.0 Å². The Hall–Kier alpha value is -2.25. The molecule has 0 fully saturated rings. The predicted octanol–water partition coefficient (Wildman–Crippen LogP) is 3.52. The van der Waals surface area contributed by atoms with E-state index in [0.29, 0.717) is 16.4 Å². The highest BCUT2D eigenvalue weighted by atomic mass is 32.1. The van der Waals surface area contributed by atoms with Crippen LogP contribution in [0.15, 0.2) is 47.7 Å². The van der Waals surface area contributed by atoms with Crippen LogP contribution in [-0.2, 0) is 9.53 Å². The number of benzene rings is 1. The lowest BCUT2D eigenvalue weighted by molar-refractivity contribution is -0.136. The van der Waals surface area contributed by atoms with E-state index in [4.69, 9.17) is 17.0 Å². The first-order chi connectivity index (χ1) is 11.5. The second kappa shape index (κ2) is 6.70. The van der Waals surface area contributed by atoms with Crippen LogP contribution in [0.25, 0.3) is 10.4 Å². The number of nitrogens with one attached hydrogen (secondary N) is 2. The maximum atomic E-state index is 13.1. The molecule has 0 saturated carbocycles. The summed E-state index contributed by atoms with van der Waals surface area (Å²) >= 11 is 6.72. The summed E-state index contributed by atoms with van der Waals surface area (Å²) in [7, 11) is 1.35. The smallest absolute Gasteiger partial charge is 0.337 e. The Morgan fingerprint density at radius 3 is 2.62 bits per heavy atom. The summed E-state index contributed by atoms with van der Waals surface area (Å²) in [5.74, 6) is -0.677. The average Bonchev–Trinajstić information content (AvgIpc) is 3.04. The van der Waals surface area contributed by atoms with E-state index >= 15 is 0 Å². The number of hydrogen-bond donors (Lipinski definition) is 2. The van der Waals surface area contributed by atoms with Gasteiger partial charge in [-0.05, 0) is 49.0 Å². The molecule has 1 aliphatic rings. The summed E-state index contributed by atoms with van der Waals surface area (Å²) in [5, 5.41) is 6.53. The van der Waals surface area contributed by atoms with Crippen LogP contribution in [0, 0.1) is 5.82 Å². The molecule has 1 atom stereocenters. The number of thiophene rings is 1. The minimum absolute atomic E-state index is 0.271. The van der Waals surface area contributed by atoms with Crippen molar-refractivity contribution >= 4 is 34.6 Å². The number of rotatable bonds is 3. The third-order valence-electron chi connectivity index (χ3n) is 3.71. The van der Waals surface area contributed by atoms with Gasteiger partial charge in [-0.1, -0.05) is 12.1 Å². The van der Waals surface area contributed by atoms with Crippen LogP contribution in [0.4, 0.5) is 4.39 Å². The number of carbonyl (C=O) groups is 1. The number of thiocarbonyl (C=S) groups is 1. The van der Waals surface area contributed by atoms with Gasteiger partial charge in [-0.15, -0.1) is 11.3 Å². The monoisotopic (exact) mass is 362 g/mol. The topological polar surface area (TPSA) is 50.4 Å². The maximum absolute atomic E-state index is 13.1. The Bertz CT molecular complexity index is 827. The van der Waals surface area contributed by atoms with E-state index < -0.39 is 5.97 Å². The van der Waals surface area contributed by atoms with Gasteiger partial charge >= 0.3 is 5.97 Å². The molecule has 2 aromatic rings. The van der Waals surface area contributed by atoms with E-state index in [2.05, 4.69) is 10.6 Å². The molecule has 0 saturated heterocycles. The first-order valence-corrected chi connectivity index (χ1v) is 8.44. The molecule has 1 aromatic heterocycles. The molecule has 0 bridgehead atoms. The van der Waals surface area contributed by atoms with Crippen molar-refractivity contribution in [2.75, 3.05) is 7.11 Å². The number of hydrogen-bond acceptors (Lipinski definition) is 4. The number of halogens is 1. The van der Waals surface area contributed by atoms with Crippen molar-refractivity contribution in [3.8, 4) is 10.4 Å². The summed E-state index contributed by atoms with van der Waals surface area (Å²) in [5.41, 5.74) is 2.09. The van der Waals surface area contributed by atoms with Gasteiger partial charge in [0.05, 0.1) is 18.7 Å². The zero-order chi connectivity index (χ0) is 17.3. The van der Waals surface area contributed by atoms with Gasteiger partial charge in [0, 0.05) is 15.5 Å². The first-order valence-electron chi connectivity index (χ1n) is 7.22. The Kier molecular flexibility index (Phi) is 4.64. The highest BCUT2D eigenvalue weighted by Crippen LogP contribution is 2.36. The summed E-state index contributed by atoms with van der Waals surface area (Å²) in [6.07, 6.45) is 0. The molecule has 124 valence electrons. The SMILES string of the molecule is COC(=O)C1=C(C)NC(=S)N[C@@H]1c1ccc(-c2ccc(F)cc2)s1. The normalized spacial score (nSPS) is 17.3. The predicted molar refractivity (Wildman–Crippen MR) is 96.0 cm³/mol. The van der Waals surface area contributed by atoms with Gasteiger partial charge in [0.15, 0.2) is 5.11 Å². The summed E-state index contributed by atoms with van der Waals surface area (Å²) in [6.45, 7) is 1.79. The summed E-state index contributed by atoms with van der Waals surface area (Å²) in [4.78, 5) is 14.1. The van der Waals surface area contributed by atoms with Crippen molar-refractivity contribution in [1.82, 2.24) is 10.6 Å². The van der Waals surface area contributed by atoms with E-state index in [-0.39, 0.29) is 11.9 Å². The Balaban J connectivity index is 1.98. The van der Waals surface area contributed by atoms with Crippen LogP contribution in [0.3, 0.4) is 0 Å². The molecule has 0 radical (unpaired) electrons. The van der Waals surface area contributed by atoms with Crippen LogP contribution >= 0.6 is 23.6 Å². The molecule has 4 nitrogen and oxygen atoms in total. The number of methoxy groups -OCH3 is 1. The average molecular weight is 362 g/mol. The van der Waals surface area contributed by atoms with E-state index in [1.165, 1.54) is 30.6 Å². The van der Waals surface area contributed by atoms with Gasteiger partial charge in [-0.3, -0.25) is 0 Å². The quantitative estimate of drug-likeness (QED) is 0.646. The molecule has 1 aromatic carbocycles. The Morgan fingerprint density at radius 2 is 1.96 bits per heavy atom. The molecule has 3 rings (SSSR count). The maximum Gasteiger partial charge on any atom is 0.337 e. The highest BCUT2D eigenvalue weighted by molar-refractivity contribution is 7.80. The van der Waals surface area contributed by atoms with Crippen molar-refractivity contribution in [1.29, 1.82) is 0 Å². The van der Waals surface area contributed by atoms with Gasteiger partial charge in [0.1, 0.15) is 5.82 Å². The van der Waals surface area contributed by atoms with Crippen LogP contribution < -0.4 is 10.6 Å². The summed E-state index contributed by atoms with van der Waals surface area (Å²) < 4.78 is 18.0. The fourth-order valence-corrected chi connectivity index (χ4v) is 3.91. The minimum atomic E-state index is -0.406. The first kappa shape index (κ1) is 16.6. The van der Waals surface area contributed by atoms with E-state index in [9.17, 15) is 9.18 Å². The molecule has 0 unspecified atom stereocenters. The molecule has 2 heterocycles. The lowest BCUT2D eigenvalue weighted by Gasteiger charge is -2.28. The van der Waals surface area contributed by atoms with Crippen LogP contribution in [0.5, 0.6) is 0 Å². The largest absolute Gasteiger partial charge is 0.466 e. The molecule has 24 heavy (non-hydrogen) atoms. The molecular formula is C17H15FN2O2S2. The van der Waals surface area contributed by atoms with Crippen LogP contribution in [0.2, 0.25) is 0 Å². The summed E-state index contributed by atoms with van der Waals surface area (Å²) in [6, 6.07) is 9.83. The number of carbonyl (C=O) groups excluding carboxylic acids is 1. The van der Waals surface area contributed by atoms with Gasteiger partial charge in [0.25, 0.3) is 0 Å². The molecule has 2 N–H and O–H groups in total. The number of allylic oxidation sites excluding steroid dienone is 1. The molecule has 0 aliphatic carbocycles. The van der Waals surface area contributed by atoms with E-state index in [1.807, 2.05) is 12.1 Å². The van der Waals surface area contributed by atoms with E-state index in [0.717, 1.165) is 15.3 Å². The molecular weight excluding hydrogens is 347 g/mol. The minimum Gasteiger partial charge on any atom is -0.466 e. The van der Waals surface area contributed by atoms with Gasteiger partial charge in [-0.2, -0.15) is 0 Å².